The molecular weight excluding hydrogens is 448 g/mol. The van der Waals surface area contributed by atoms with Gasteiger partial charge < -0.3 is 16.0 Å². The van der Waals surface area contributed by atoms with E-state index in [0.717, 1.165) is 11.8 Å². The first kappa shape index (κ1) is 26.7. The third kappa shape index (κ3) is 6.27. The topological polar surface area (TPSA) is 136 Å². The molecule has 1 atom stereocenters. The van der Waals surface area contributed by atoms with E-state index in [0.29, 0.717) is 47.0 Å². The predicted octanol–water partition coefficient (Wildman–Crippen LogP) is 3.30. The third-order valence-corrected chi connectivity index (χ3v) is 6.45. The van der Waals surface area contributed by atoms with E-state index >= 15 is 0 Å². The van der Waals surface area contributed by atoms with E-state index in [1.807, 2.05) is 45.9 Å². The number of carbonyl (C=O) groups is 2. The molecule has 2 rings (SSSR count). The average molecular weight is 479 g/mol. The molecular formula is C25H30N6O2S. The number of benzene rings is 1. The number of nitrogens with two attached hydrogens (primary N) is 1. The molecule has 0 radical (unpaired) electrons. The Labute approximate surface area is 205 Å². The molecule has 0 aliphatic carbocycles. The lowest BCUT2D eigenvalue weighted by Gasteiger charge is -2.24. The summed E-state index contributed by atoms with van der Waals surface area (Å²) < 4.78 is 0. The van der Waals surface area contributed by atoms with Crippen LogP contribution in [0, 0.1) is 28.1 Å². The van der Waals surface area contributed by atoms with Crippen molar-refractivity contribution in [1.82, 2.24) is 10.3 Å². The third-order valence-electron chi connectivity index (χ3n) is 5.19. The fourth-order valence-electron chi connectivity index (χ4n) is 3.28. The number of nitrogens with zero attached hydrogens (tertiary/aromatic N) is 4. The summed E-state index contributed by atoms with van der Waals surface area (Å²) in [6.45, 7) is 8.13. The Hall–Kier alpha value is -3.56. The van der Waals surface area contributed by atoms with Crippen LogP contribution in [0.4, 0.5) is 5.82 Å². The Morgan fingerprint density at radius 1 is 1.18 bits per heavy atom. The smallest absolute Gasteiger partial charge is 0.235 e. The molecule has 0 saturated carbocycles. The van der Waals surface area contributed by atoms with Gasteiger partial charge in [-0.25, -0.2) is 4.98 Å². The number of carbonyl (C=O) groups excluding carboxylic acids is 2. The van der Waals surface area contributed by atoms with E-state index in [9.17, 15) is 20.1 Å². The van der Waals surface area contributed by atoms with Crippen molar-refractivity contribution in [3.05, 3.63) is 52.6 Å². The summed E-state index contributed by atoms with van der Waals surface area (Å²) in [5.41, 5.74) is 7.03. The number of hydrogen-bond donors (Lipinski definition) is 2. The van der Waals surface area contributed by atoms with Crippen molar-refractivity contribution in [3.8, 4) is 12.1 Å². The largest absolute Gasteiger partial charge is 0.368 e. The molecule has 1 unspecified atom stereocenters. The summed E-state index contributed by atoms with van der Waals surface area (Å²) in [7, 11) is 1.77. The lowest BCUT2D eigenvalue weighted by molar-refractivity contribution is -0.128. The van der Waals surface area contributed by atoms with Gasteiger partial charge in [-0.2, -0.15) is 10.5 Å². The van der Waals surface area contributed by atoms with E-state index in [4.69, 9.17) is 5.73 Å². The quantitative estimate of drug-likeness (QED) is 0.528. The van der Waals surface area contributed by atoms with Gasteiger partial charge in [0.25, 0.3) is 0 Å². The molecule has 34 heavy (non-hydrogen) atoms. The summed E-state index contributed by atoms with van der Waals surface area (Å²) >= 11 is 1.10. The maximum atomic E-state index is 12.3. The summed E-state index contributed by atoms with van der Waals surface area (Å²) in [6.07, 6.45) is 0.441. The lowest BCUT2D eigenvalue weighted by atomic mass is 9.96. The first-order chi connectivity index (χ1) is 16.0. The molecule has 2 amide bonds. The van der Waals surface area contributed by atoms with E-state index < -0.39 is 16.6 Å². The molecule has 0 fully saturated rings. The van der Waals surface area contributed by atoms with Gasteiger partial charge in [0.2, 0.25) is 11.8 Å². The highest BCUT2D eigenvalue weighted by Gasteiger charge is 2.27. The highest BCUT2D eigenvalue weighted by atomic mass is 32.2. The van der Waals surface area contributed by atoms with Crippen molar-refractivity contribution in [1.29, 1.82) is 10.5 Å². The Kier molecular flexibility index (Phi) is 9.05. The van der Waals surface area contributed by atoms with Gasteiger partial charge >= 0.3 is 0 Å². The Balaban J connectivity index is 2.47. The van der Waals surface area contributed by atoms with Crippen LogP contribution in [0.1, 0.15) is 55.2 Å². The van der Waals surface area contributed by atoms with Crippen molar-refractivity contribution in [3.63, 3.8) is 0 Å². The van der Waals surface area contributed by atoms with Gasteiger partial charge in [-0.1, -0.05) is 69.8 Å². The highest BCUT2D eigenvalue weighted by molar-refractivity contribution is 8.00. The molecule has 1 heterocycles. The lowest BCUT2D eigenvalue weighted by Crippen LogP contribution is -2.39. The van der Waals surface area contributed by atoms with Crippen LogP contribution < -0.4 is 16.0 Å². The molecule has 1 aromatic heterocycles. The van der Waals surface area contributed by atoms with E-state index in [-0.39, 0.29) is 11.5 Å². The first-order valence-corrected chi connectivity index (χ1v) is 11.8. The standard InChI is InChI=1S/C25H30N6O2S/c1-6-17-18(14-26)22(31(5)13-12-29-24(33)25(2,3)4)30-23(19(17)15-27)34-20(21(28)32)16-10-8-7-9-11-16/h7-11,20H,6,12-13H2,1-5H3,(H2,28,32)(H,29,33). The molecule has 0 aliphatic heterocycles. The molecule has 0 bridgehead atoms. The number of thioether (sulfide) groups is 1. The van der Waals surface area contributed by atoms with Crippen LogP contribution in [-0.2, 0) is 16.0 Å². The molecule has 0 spiro atoms. The molecule has 178 valence electrons. The number of primary amides is 1. The second-order valence-corrected chi connectivity index (χ2v) is 9.88. The fraction of sp³-hybridized carbons (Fsp3) is 0.400. The normalized spacial score (nSPS) is 11.7. The van der Waals surface area contributed by atoms with Crippen LogP contribution in [0.3, 0.4) is 0 Å². The summed E-state index contributed by atoms with van der Waals surface area (Å²) in [6, 6.07) is 13.4. The average Bonchev–Trinajstić information content (AvgIpc) is 2.80. The van der Waals surface area contributed by atoms with Crippen LogP contribution in [-0.4, -0.2) is 36.9 Å². The van der Waals surface area contributed by atoms with Crippen molar-refractivity contribution < 1.29 is 9.59 Å². The van der Waals surface area contributed by atoms with Crippen molar-refractivity contribution in [2.45, 2.75) is 44.4 Å². The molecule has 0 aliphatic rings. The zero-order valence-electron chi connectivity index (χ0n) is 20.2. The molecule has 3 N–H and O–H groups in total. The van der Waals surface area contributed by atoms with Gasteiger partial charge in [-0.15, -0.1) is 0 Å². The van der Waals surface area contributed by atoms with Crippen LogP contribution >= 0.6 is 11.8 Å². The number of hydrogen-bond acceptors (Lipinski definition) is 7. The predicted molar refractivity (Wildman–Crippen MR) is 133 cm³/mol. The highest BCUT2D eigenvalue weighted by Crippen LogP contribution is 2.39. The fourth-order valence-corrected chi connectivity index (χ4v) is 4.34. The first-order valence-electron chi connectivity index (χ1n) is 10.9. The number of likely N-dealkylation sites (N-methyl/N-ethyl adjacent to an activating group) is 1. The number of aromatic nitrogens is 1. The summed E-state index contributed by atoms with van der Waals surface area (Å²) in [5, 5.41) is 22.2. The van der Waals surface area contributed by atoms with E-state index in [1.54, 1.807) is 24.1 Å². The minimum atomic E-state index is -0.748. The number of nitriles is 2. The zero-order valence-corrected chi connectivity index (χ0v) is 21.0. The second kappa shape index (κ2) is 11.5. The number of pyridine rings is 1. The zero-order chi connectivity index (χ0) is 25.5. The summed E-state index contributed by atoms with van der Waals surface area (Å²) in [4.78, 5) is 30.9. The van der Waals surface area contributed by atoms with Crippen molar-refractivity contribution in [2.75, 3.05) is 25.0 Å². The van der Waals surface area contributed by atoms with Gasteiger partial charge in [-0.3, -0.25) is 9.59 Å². The van der Waals surface area contributed by atoms with Gasteiger partial charge in [0.05, 0.1) is 11.1 Å². The monoisotopic (exact) mass is 478 g/mol. The van der Waals surface area contributed by atoms with Gasteiger partial charge in [0, 0.05) is 25.6 Å². The molecule has 2 aromatic rings. The number of rotatable bonds is 9. The van der Waals surface area contributed by atoms with E-state index in [2.05, 4.69) is 22.4 Å². The second-order valence-electron chi connectivity index (χ2n) is 8.78. The van der Waals surface area contributed by atoms with E-state index in [1.165, 1.54) is 0 Å². The van der Waals surface area contributed by atoms with Gasteiger partial charge in [0.1, 0.15) is 28.2 Å². The van der Waals surface area contributed by atoms with Crippen LogP contribution in [0.15, 0.2) is 35.4 Å². The van der Waals surface area contributed by atoms with Crippen LogP contribution in [0.2, 0.25) is 0 Å². The van der Waals surface area contributed by atoms with Crippen LogP contribution in [0.5, 0.6) is 0 Å². The Morgan fingerprint density at radius 3 is 2.29 bits per heavy atom. The maximum Gasteiger partial charge on any atom is 0.235 e. The molecule has 1 aromatic carbocycles. The number of anilines is 1. The summed E-state index contributed by atoms with van der Waals surface area (Å²) in [5.74, 6) is -0.238. The number of amides is 2. The Bertz CT molecular complexity index is 1130. The van der Waals surface area contributed by atoms with Crippen molar-refractivity contribution >= 4 is 29.4 Å². The number of nitrogens with one attached hydrogen (secondary N) is 1. The maximum absolute atomic E-state index is 12.3. The van der Waals surface area contributed by atoms with Gasteiger partial charge in [-0.05, 0) is 17.5 Å². The van der Waals surface area contributed by atoms with Crippen molar-refractivity contribution in [2.24, 2.45) is 11.1 Å². The van der Waals surface area contributed by atoms with Gasteiger partial charge in [0.15, 0.2) is 0 Å². The SMILES string of the molecule is CCc1c(C#N)c(SC(C(N)=O)c2ccccc2)nc(N(C)CCNC(=O)C(C)(C)C)c1C#N. The molecule has 9 heteroatoms. The molecule has 8 nitrogen and oxygen atoms in total. The minimum absolute atomic E-state index is 0.0770. The molecule has 0 saturated heterocycles. The Morgan fingerprint density at radius 2 is 1.79 bits per heavy atom. The van der Waals surface area contributed by atoms with Crippen LogP contribution in [0.25, 0.3) is 0 Å². The minimum Gasteiger partial charge on any atom is -0.368 e.